The second kappa shape index (κ2) is 4.16. The summed E-state index contributed by atoms with van der Waals surface area (Å²) in [5, 5.41) is 0. The fourth-order valence-corrected chi connectivity index (χ4v) is 1.55. The number of primary amides is 1. The molecule has 0 aromatic heterocycles. The smallest absolute Gasteiger partial charge is 0.369 e. The van der Waals surface area contributed by atoms with Gasteiger partial charge in [0, 0.05) is 13.1 Å². The molecule has 0 spiro atoms. The van der Waals surface area contributed by atoms with Crippen molar-refractivity contribution in [3.8, 4) is 0 Å². The standard InChI is InChI=1S/C8H13F3N2O/c9-8(10,11)2-4-13-3-1-6(5-13)7(12)14/h6H,1-5H2,(H2,12,14). The van der Waals surface area contributed by atoms with Gasteiger partial charge >= 0.3 is 6.18 Å². The molecule has 1 unspecified atom stereocenters. The molecule has 0 aromatic carbocycles. The maximum Gasteiger partial charge on any atom is 0.390 e. The van der Waals surface area contributed by atoms with E-state index >= 15 is 0 Å². The Morgan fingerprint density at radius 3 is 2.57 bits per heavy atom. The topological polar surface area (TPSA) is 46.3 Å². The number of hydrogen-bond donors (Lipinski definition) is 1. The molecule has 82 valence electrons. The SMILES string of the molecule is NC(=O)C1CCN(CCC(F)(F)F)C1. The summed E-state index contributed by atoms with van der Waals surface area (Å²) < 4.78 is 35.5. The van der Waals surface area contributed by atoms with E-state index in [1.165, 1.54) is 0 Å². The van der Waals surface area contributed by atoms with Gasteiger partial charge in [-0.25, -0.2) is 0 Å². The maximum absolute atomic E-state index is 11.8. The number of alkyl halides is 3. The lowest BCUT2D eigenvalue weighted by molar-refractivity contribution is -0.137. The van der Waals surface area contributed by atoms with Crippen LogP contribution in [0.4, 0.5) is 13.2 Å². The fourth-order valence-electron chi connectivity index (χ4n) is 1.55. The van der Waals surface area contributed by atoms with Crippen LogP contribution in [0.15, 0.2) is 0 Å². The molecule has 1 saturated heterocycles. The molecular weight excluding hydrogens is 197 g/mol. The lowest BCUT2D eigenvalue weighted by Crippen LogP contribution is -2.29. The molecule has 0 saturated carbocycles. The summed E-state index contributed by atoms with van der Waals surface area (Å²) in [5.74, 6) is -0.692. The minimum Gasteiger partial charge on any atom is -0.369 e. The van der Waals surface area contributed by atoms with Crippen molar-refractivity contribution >= 4 is 5.91 Å². The predicted molar refractivity (Wildman–Crippen MR) is 44.4 cm³/mol. The van der Waals surface area contributed by atoms with Crippen LogP contribution in [0.25, 0.3) is 0 Å². The Labute approximate surface area is 80.0 Å². The van der Waals surface area contributed by atoms with E-state index in [1.54, 1.807) is 4.90 Å². The lowest BCUT2D eigenvalue weighted by atomic mass is 10.1. The van der Waals surface area contributed by atoms with Crippen LogP contribution in [0, 0.1) is 5.92 Å². The second-order valence-electron chi connectivity index (χ2n) is 3.55. The number of carbonyl (C=O) groups excluding carboxylic acids is 1. The Balaban J connectivity index is 2.26. The Kier molecular flexibility index (Phi) is 3.36. The molecule has 1 fully saturated rings. The number of rotatable bonds is 3. The molecule has 14 heavy (non-hydrogen) atoms. The average molecular weight is 210 g/mol. The Bertz CT molecular complexity index is 217. The highest BCUT2D eigenvalue weighted by molar-refractivity contribution is 5.77. The highest BCUT2D eigenvalue weighted by Gasteiger charge is 2.31. The van der Waals surface area contributed by atoms with Crippen LogP contribution < -0.4 is 5.73 Å². The number of hydrogen-bond acceptors (Lipinski definition) is 2. The van der Waals surface area contributed by atoms with E-state index in [-0.39, 0.29) is 12.5 Å². The van der Waals surface area contributed by atoms with E-state index in [2.05, 4.69) is 0 Å². The first-order valence-corrected chi connectivity index (χ1v) is 4.47. The first-order chi connectivity index (χ1) is 6.38. The summed E-state index contributed by atoms with van der Waals surface area (Å²) in [4.78, 5) is 12.3. The number of amides is 1. The van der Waals surface area contributed by atoms with Gasteiger partial charge in [0.2, 0.25) is 5.91 Å². The van der Waals surface area contributed by atoms with Gasteiger partial charge in [0.25, 0.3) is 0 Å². The molecular formula is C8H13F3N2O. The molecule has 0 radical (unpaired) electrons. The van der Waals surface area contributed by atoms with Crippen LogP contribution >= 0.6 is 0 Å². The van der Waals surface area contributed by atoms with Gasteiger partial charge in [-0.1, -0.05) is 0 Å². The number of nitrogens with two attached hydrogens (primary N) is 1. The molecule has 1 rings (SSSR count). The van der Waals surface area contributed by atoms with Crippen molar-refractivity contribution in [3.05, 3.63) is 0 Å². The van der Waals surface area contributed by atoms with Crippen LogP contribution in [0.1, 0.15) is 12.8 Å². The number of carbonyl (C=O) groups is 1. The predicted octanol–water partition coefficient (Wildman–Crippen LogP) is 0.746. The van der Waals surface area contributed by atoms with Gasteiger partial charge in [0.05, 0.1) is 12.3 Å². The molecule has 2 N–H and O–H groups in total. The zero-order valence-corrected chi connectivity index (χ0v) is 7.68. The van der Waals surface area contributed by atoms with Gasteiger partial charge in [-0.05, 0) is 13.0 Å². The zero-order valence-electron chi connectivity index (χ0n) is 7.68. The van der Waals surface area contributed by atoms with Crippen molar-refractivity contribution < 1.29 is 18.0 Å². The molecule has 6 heteroatoms. The summed E-state index contributed by atoms with van der Waals surface area (Å²) in [6.45, 7) is 0.863. The van der Waals surface area contributed by atoms with Crippen molar-refractivity contribution in [1.29, 1.82) is 0 Å². The Hall–Kier alpha value is -0.780. The molecule has 0 aromatic rings. The lowest BCUT2D eigenvalue weighted by Gasteiger charge is -2.16. The van der Waals surface area contributed by atoms with Crippen LogP contribution in [0.5, 0.6) is 0 Å². The van der Waals surface area contributed by atoms with Gasteiger partial charge in [0.1, 0.15) is 0 Å². The summed E-state index contributed by atoms with van der Waals surface area (Å²) in [7, 11) is 0. The van der Waals surface area contributed by atoms with Gasteiger partial charge in [-0.3, -0.25) is 4.79 Å². The molecule has 3 nitrogen and oxygen atoms in total. The third kappa shape index (κ3) is 3.53. The van der Waals surface area contributed by atoms with E-state index in [0.717, 1.165) is 0 Å². The third-order valence-electron chi connectivity index (χ3n) is 2.39. The third-order valence-corrected chi connectivity index (χ3v) is 2.39. The first kappa shape index (κ1) is 11.3. The van der Waals surface area contributed by atoms with E-state index in [0.29, 0.717) is 19.5 Å². The van der Waals surface area contributed by atoms with E-state index in [9.17, 15) is 18.0 Å². The van der Waals surface area contributed by atoms with Crippen LogP contribution in [0.3, 0.4) is 0 Å². The molecule has 0 bridgehead atoms. The fraction of sp³-hybridized carbons (Fsp3) is 0.875. The summed E-state index contributed by atoms with van der Waals surface area (Å²) in [5.41, 5.74) is 5.05. The van der Waals surface area contributed by atoms with Crippen molar-refractivity contribution in [2.75, 3.05) is 19.6 Å². The van der Waals surface area contributed by atoms with Crippen molar-refractivity contribution in [3.63, 3.8) is 0 Å². The summed E-state index contributed by atoms with van der Waals surface area (Å²) in [6, 6.07) is 0. The first-order valence-electron chi connectivity index (χ1n) is 4.47. The maximum atomic E-state index is 11.8. The highest BCUT2D eigenvalue weighted by Crippen LogP contribution is 2.22. The van der Waals surface area contributed by atoms with Crippen molar-refractivity contribution in [1.82, 2.24) is 4.90 Å². The van der Waals surface area contributed by atoms with Crippen LogP contribution in [-0.4, -0.2) is 36.6 Å². The minimum absolute atomic E-state index is 0.0344. The normalized spacial score (nSPS) is 24.1. The van der Waals surface area contributed by atoms with E-state index in [1.807, 2.05) is 0 Å². The number of likely N-dealkylation sites (tertiary alicyclic amines) is 1. The average Bonchev–Trinajstić information content (AvgIpc) is 2.47. The van der Waals surface area contributed by atoms with E-state index in [4.69, 9.17) is 5.73 Å². The van der Waals surface area contributed by atoms with Gasteiger partial charge in [-0.2, -0.15) is 13.2 Å². The number of halogens is 3. The molecule has 1 amide bonds. The van der Waals surface area contributed by atoms with Crippen LogP contribution in [-0.2, 0) is 4.79 Å². The van der Waals surface area contributed by atoms with Crippen LogP contribution in [0.2, 0.25) is 0 Å². The van der Waals surface area contributed by atoms with Gasteiger partial charge < -0.3 is 10.6 Å². The van der Waals surface area contributed by atoms with Crippen molar-refractivity contribution in [2.45, 2.75) is 19.0 Å². The molecule has 0 aliphatic carbocycles. The molecule has 1 aliphatic rings. The summed E-state index contributed by atoms with van der Waals surface area (Å²) in [6.07, 6.45) is -4.36. The minimum atomic E-state index is -4.12. The second-order valence-corrected chi connectivity index (χ2v) is 3.55. The zero-order chi connectivity index (χ0) is 10.8. The van der Waals surface area contributed by atoms with Crippen molar-refractivity contribution in [2.24, 2.45) is 11.7 Å². The number of nitrogens with zero attached hydrogens (tertiary/aromatic N) is 1. The largest absolute Gasteiger partial charge is 0.390 e. The molecule has 1 atom stereocenters. The van der Waals surface area contributed by atoms with E-state index < -0.39 is 18.5 Å². The quantitative estimate of drug-likeness (QED) is 0.747. The summed E-state index contributed by atoms with van der Waals surface area (Å²) >= 11 is 0. The highest BCUT2D eigenvalue weighted by atomic mass is 19.4. The monoisotopic (exact) mass is 210 g/mol. The molecule has 1 aliphatic heterocycles. The van der Waals surface area contributed by atoms with Gasteiger partial charge in [-0.15, -0.1) is 0 Å². The Morgan fingerprint density at radius 1 is 1.50 bits per heavy atom. The Morgan fingerprint density at radius 2 is 2.14 bits per heavy atom. The van der Waals surface area contributed by atoms with Gasteiger partial charge in [0.15, 0.2) is 0 Å². The molecule has 1 heterocycles.